The van der Waals surface area contributed by atoms with Gasteiger partial charge in [0.15, 0.2) is 0 Å². The number of carboxylic acids is 2. The zero-order valence-electron chi connectivity index (χ0n) is 24.1. The Kier molecular flexibility index (Phi) is 11.6. The van der Waals surface area contributed by atoms with Crippen LogP contribution in [-0.2, 0) is 30.3 Å². The number of aromatic hydroxyl groups is 2. The van der Waals surface area contributed by atoms with Gasteiger partial charge in [0.1, 0.15) is 11.5 Å². The topological polar surface area (TPSA) is 121 Å². The van der Waals surface area contributed by atoms with Crippen molar-refractivity contribution in [3.63, 3.8) is 0 Å². The summed E-state index contributed by atoms with van der Waals surface area (Å²) in [6, 6.07) is 9.55. The van der Waals surface area contributed by atoms with Gasteiger partial charge in [0.25, 0.3) is 0 Å². The normalized spacial score (nSPS) is 12.2. The van der Waals surface area contributed by atoms with Crippen molar-refractivity contribution in [2.24, 2.45) is 10.8 Å². The Balaban J connectivity index is 0.000000682. The molecule has 0 aliphatic heterocycles. The molecule has 200 valence electrons. The zero-order chi connectivity index (χ0) is 28.3. The summed E-state index contributed by atoms with van der Waals surface area (Å²) in [5.41, 5.74) is 0.602. The third-order valence-electron chi connectivity index (χ3n) is 5.91. The standard InChI is InChI=1S/2C15H22O3.Zn/c2*1-14(2,3)9-15(4,5)11-8-6-7-10(12(11)16)13(17)18;/h2*6-8,16H,9H2,1-5H3,(H,17,18);/q;;+2/p-2. The van der Waals surface area contributed by atoms with Gasteiger partial charge in [-0.1, -0.05) is 93.5 Å². The Morgan fingerprint density at radius 2 is 0.892 bits per heavy atom. The van der Waals surface area contributed by atoms with Crippen molar-refractivity contribution in [2.45, 2.75) is 92.9 Å². The summed E-state index contributed by atoms with van der Waals surface area (Å²) < 4.78 is 0. The van der Waals surface area contributed by atoms with Gasteiger partial charge in [-0.3, -0.25) is 0 Å². The molecule has 0 fully saturated rings. The van der Waals surface area contributed by atoms with Crippen LogP contribution < -0.4 is 10.2 Å². The van der Waals surface area contributed by atoms with E-state index in [-0.39, 0.29) is 63.8 Å². The molecule has 2 rings (SSSR count). The number of hydrogen-bond donors (Lipinski definition) is 2. The van der Waals surface area contributed by atoms with Crippen LogP contribution in [0.25, 0.3) is 0 Å². The van der Waals surface area contributed by atoms with E-state index in [0.717, 1.165) is 12.8 Å². The summed E-state index contributed by atoms with van der Waals surface area (Å²) in [5.74, 6) is -3.04. The van der Waals surface area contributed by atoms with E-state index in [2.05, 4.69) is 41.5 Å². The van der Waals surface area contributed by atoms with Gasteiger partial charge >= 0.3 is 19.5 Å². The van der Waals surface area contributed by atoms with Crippen LogP contribution in [0.2, 0.25) is 0 Å². The van der Waals surface area contributed by atoms with Crippen molar-refractivity contribution in [1.82, 2.24) is 0 Å². The molecule has 2 aromatic carbocycles. The van der Waals surface area contributed by atoms with Crippen LogP contribution in [0.1, 0.15) is 114 Å². The molecule has 0 amide bonds. The fraction of sp³-hybridized carbons (Fsp3) is 0.533. The van der Waals surface area contributed by atoms with E-state index >= 15 is 0 Å². The minimum Gasteiger partial charge on any atom is -0.545 e. The van der Waals surface area contributed by atoms with E-state index in [1.807, 2.05) is 27.7 Å². The maximum atomic E-state index is 10.9. The molecule has 0 aliphatic carbocycles. The summed E-state index contributed by atoms with van der Waals surface area (Å²) >= 11 is 0. The molecule has 0 bridgehead atoms. The van der Waals surface area contributed by atoms with Gasteiger partial charge in [-0.25, -0.2) is 0 Å². The van der Waals surface area contributed by atoms with Crippen molar-refractivity contribution in [1.29, 1.82) is 0 Å². The third kappa shape index (κ3) is 10.1. The molecule has 0 saturated carbocycles. The largest absolute Gasteiger partial charge is 2.00 e. The molecule has 0 heterocycles. The van der Waals surface area contributed by atoms with Crippen LogP contribution in [0.4, 0.5) is 0 Å². The second-order valence-electron chi connectivity index (χ2n) is 13.2. The third-order valence-corrected chi connectivity index (χ3v) is 5.91. The maximum Gasteiger partial charge on any atom is 2.00 e. The molecule has 7 heteroatoms. The average Bonchev–Trinajstić information content (AvgIpc) is 2.64. The fourth-order valence-corrected chi connectivity index (χ4v) is 5.35. The van der Waals surface area contributed by atoms with Crippen molar-refractivity contribution in [3.8, 4) is 11.5 Å². The number of carbonyl (C=O) groups excluding carboxylic acids is 2. The number of para-hydroxylation sites is 2. The minimum atomic E-state index is -1.35. The SMILES string of the molecule is CC(C)(C)CC(C)(C)c1cccc(C(=O)[O-])c1O.CC(C)(C)CC(C)(C)c1cccc(C(=O)[O-])c1O.[Zn+2]. The van der Waals surface area contributed by atoms with E-state index in [1.54, 1.807) is 24.3 Å². The molecule has 0 unspecified atom stereocenters. The van der Waals surface area contributed by atoms with E-state index < -0.39 is 11.9 Å². The van der Waals surface area contributed by atoms with E-state index in [4.69, 9.17) is 0 Å². The Morgan fingerprint density at radius 1 is 0.622 bits per heavy atom. The van der Waals surface area contributed by atoms with Gasteiger partial charge in [0, 0.05) is 22.3 Å². The monoisotopic (exact) mass is 562 g/mol. The van der Waals surface area contributed by atoms with Crippen molar-refractivity contribution in [3.05, 3.63) is 58.7 Å². The first-order valence-corrected chi connectivity index (χ1v) is 12.2. The molecular formula is C30H42O6Zn. The van der Waals surface area contributed by atoms with Crippen LogP contribution >= 0.6 is 0 Å². The molecule has 2 aromatic rings. The molecule has 0 spiro atoms. The molecule has 0 atom stereocenters. The number of benzene rings is 2. The smallest absolute Gasteiger partial charge is 0.545 e. The molecule has 0 saturated heterocycles. The molecular weight excluding hydrogens is 522 g/mol. The molecule has 0 aromatic heterocycles. The minimum absolute atomic E-state index is 0. The number of hydrogen-bond acceptors (Lipinski definition) is 6. The van der Waals surface area contributed by atoms with Gasteiger partial charge in [-0.15, -0.1) is 0 Å². The quantitative estimate of drug-likeness (QED) is 0.480. The molecule has 2 N–H and O–H groups in total. The Bertz CT molecular complexity index is 1000. The number of carbonyl (C=O) groups is 2. The first-order chi connectivity index (χ1) is 16.1. The van der Waals surface area contributed by atoms with Gasteiger partial charge in [0.2, 0.25) is 0 Å². The van der Waals surface area contributed by atoms with Crippen molar-refractivity contribution in [2.75, 3.05) is 0 Å². The Labute approximate surface area is 234 Å². The predicted molar refractivity (Wildman–Crippen MR) is 139 cm³/mol. The summed E-state index contributed by atoms with van der Waals surface area (Å²) in [5, 5.41) is 42.0. The molecule has 0 aliphatic rings. The van der Waals surface area contributed by atoms with Gasteiger partial charge in [0.05, 0.1) is 11.9 Å². The number of carboxylic acid groups (broad SMARTS) is 2. The van der Waals surface area contributed by atoms with Crippen LogP contribution in [-0.4, -0.2) is 22.2 Å². The summed E-state index contributed by atoms with van der Waals surface area (Å²) in [6.45, 7) is 20.7. The van der Waals surface area contributed by atoms with Crippen LogP contribution in [0.5, 0.6) is 11.5 Å². The number of rotatable bonds is 6. The summed E-state index contributed by atoms with van der Waals surface area (Å²) in [7, 11) is 0. The zero-order valence-corrected chi connectivity index (χ0v) is 27.1. The molecule has 0 radical (unpaired) electrons. The first-order valence-electron chi connectivity index (χ1n) is 12.2. The van der Waals surface area contributed by atoms with Gasteiger partial charge < -0.3 is 30.0 Å². The van der Waals surface area contributed by atoms with Crippen LogP contribution in [0.15, 0.2) is 36.4 Å². The Morgan fingerprint density at radius 3 is 1.11 bits per heavy atom. The number of phenols is 2. The van der Waals surface area contributed by atoms with Crippen molar-refractivity contribution >= 4 is 11.9 Å². The molecule has 37 heavy (non-hydrogen) atoms. The average molecular weight is 564 g/mol. The van der Waals surface area contributed by atoms with Crippen LogP contribution in [0.3, 0.4) is 0 Å². The first kappa shape index (κ1) is 34.6. The van der Waals surface area contributed by atoms with Crippen LogP contribution in [0, 0.1) is 10.8 Å². The number of aromatic carboxylic acids is 2. The Hall–Kier alpha value is -2.40. The van der Waals surface area contributed by atoms with E-state index in [9.17, 15) is 30.0 Å². The van der Waals surface area contributed by atoms with E-state index in [1.165, 1.54) is 12.1 Å². The van der Waals surface area contributed by atoms with Gasteiger partial charge in [-0.2, -0.15) is 0 Å². The van der Waals surface area contributed by atoms with Gasteiger partial charge in [-0.05, 0) is 46.6 Å². The maximum absolute atomic E-state index is 10.9. The summed E-state index contributed by atoms with van der Waals surface area (Å²) in [6.07, 6.45) is 1.67. The summed E-state index contributed by atoms with van der Waals surface area (Å²) in [4.78, 5) is 21.8. The second-order valence-corrected chi connectivity index (χ2v) is 13.2. The molecule has 6 nitrogen and oxygen atoms in total. The van der Waals surface area contributed by atoms with Crippen molar-refractivity contribution < 1.29 is 49.5 Å². The fourth-order valence-electron chi connectivity index (χ4n) is 5.35. The van der Waals surface area contributed by atoms with E-state index in [0.29, 0.717) is 11.1 Å². The second kappa shape index (κ2) is 12.4. The predicted octanol–water partition coefficient (Wildman–Crippen LogP) is 4.94.